The highest BCUT2D eigenvalue weighted by molar-refractivity contribution is 9.10. The Hall–Kier alpha value is -1.39. The molecule has 1 amide bonds. The Morgan fingerprint density at radius 2 is 2.00 bits per heavy atom. The Kier molecular flexibility index (Phi) is 4.22. The second-order valence-corrected chi connectivity index (χ2v) is 5.33. The van der Waals surface area contributed by atoms with E-state index in [1.807, 2.05) is 19.1 Å². The van der Waals surface area contributed by atoms with Gasteiger partial charge in [0.05, 0.1) is 10.6 Å². The molecule has 0 saturated carbocycles. The molecule has 0 fully saturated rings. The molecule has 0 unspecified atom stereocenters. The number of aryl methyl sites for hydroxylation is 1. The van der Waals surface area contributed by atoms with E-state index < -0.39 is 5.82 Å². The molecule has 0 heterocycles. The maximum Gasteiger partial charge on any atom is 0.256 e. The molecule has 0 aromatic heterocycles. The van der Waals surface area contributed by atoms with Crippen molar-refractivity contribution in [3.8, 4) is 0 Å². The van der Waals surface area contributed by atoms with Gasteiger partial charge < -0.3 is 5.32 Å². The fraction of sp³-hybridized carbons (Fsp3) is 0.0714. The molecule has 0 radical (unpaired) electrons. The summed E-state index contributed by atoms with van der Waals surface area (Å²) >= 11 is 9.00. The summed E-state index contributed by atoms with van der Waals surface area (Å²) in [6.07, 6.45) is 0. The Balaban J connectivity index is 2.23. The normalized spacial score (nSPS) is 10.3. The third-order valence-corrected chi connectivity index (χ3v) is 3.49. The third kappa shape index (κ3) is 3.33. The number of benzene rings is 2. The summed E-state index contributed by atoms with van der Waals surface area (Å²) in [6, 6.07) is 9.46. The molecular weight excluding hydrogens is 333 g/mol. The highest BCUT2D eigenvalue weighted by Crippen LogP contribution is 2.22. The van der Waals surface area contributed by atoms with Crippen molar-refractivity contribution < 1.29 is 9.18 Å². The first kappa shape index (κ1) is 14.0. The zero-order valence-corrected chi connectivity index (χ0v) is 12.3. The van der Waals surface area contributed by atoms with E-state index in [9.17, 15) is 9.18 Å². The monoisotopic (exact) mass is 341 g/mol. The highest BCUT2D eigenvalue weighted by Gasteiger charge is 2.11. The van der Waals surface area contributed by atoms with Gasteiger partial charge in [-0.15, -0.1) is 0 Å². The van der Waals surface area contributed by atoms with Gasteiger partial charge in [0.15, 0.2) is 0 Å². The molecule has 1 N–H and O–H groups in total. The van der Waals surface area contributed by atoms with Crippen molar-refractivity contribution in [3.05, 3.63) is 62.8 Å². The van der Waals surface area contributed by atoms with E-state index in [0.717, 1.165) is 5.56 Å². The first-order valence-corrected chi connectivity index (χ1v) is 6.67. The van der Waals surface area contributed by atoms with Crippen LogP contribution in [0.5, 0.6) is 0 Å². The molecule has 2 aromatic rings. The van der Waals surface area contributed by atoms with Crippen LogP contribution < -0.4 is 5.32 Å². The minimum Gasteiger partial charge on any atom is -0.322 e. The Morgan fingerprint density at radius 3 is 2.63 bits per heavy atom. The molecule has 0 saturated heterocycles. The number of rotatable bonds is 2. The van der Waals surface area contributed by atoms with Gasteiger partial charge >= 0.3 is 0 Å². The van der Waals surface area contributed by atoms with Crippen molar-refractivity contribution >= 4 is 39.1 Å². The van der Waals surface area contributed by atoms with Gasteiger partial charge in [-0.05, 0) is 58.7 Å². The number of hydrogen-bond acceptors (Lipinski definition) is 1. The first-order chi connectivity index (χ1) is 8.97. The second-order valence-electron chi connectivity index (χ2n) is 4.07. The van der Waals surface area contributed by atoms with E-state index in [2.05, 4.69) is 21.2 Å². The number of hydrogen-bond donors (Lipinski definition) is 1. The van der Waals surface area contributed by atoms with Crippen molar-refractivity contribution in [2.75, 3.05) is 5.32 Å². The SMILES string of the molecule is Cc1ccc(C(=O)Nc2ccc(F)c(Cl)c2)c(Br)c1. The van der Waals surface area contributed by atoms with Crippen LogP contribution in [0.2, 0.25) is 5.02 Å². The topological polar surface area (TPSA) is 29.1 Å². The van der Waals surface area contributed by atoms with Gasteiger partial charge in [-0.1, -0.05) is 17.7 Å². The zero-order valence-electron chi connectivity index (χ0n) is 10.0. The van der Waals surface area contributed by atoms with Crippen LogP contribution >= 0.6 is 27.5 Å². The fourth-order valence-corrected chi connectivity index (χ4v) is 2.43. The van der Waals surface area contributed by atoms with Gasteiger partial charge in [0, 0.05) is 10.2 Å². The lowest BCUT2D eigenvalue weighted by Gasteiger charge is -2.08. The molecule has 0 spiro atoms. The van der Waals surface area contributed by atoms with Gasteiger partial charge in [0.2, 0.25) is 0 Å². The summed E-state index contributed by atoms with van der Waals surface area (Å²) in [7, 11) is 0. The molecule has 0 bridgehead atoms. The molecule has 2 nitrogen and oxygen atoms in total. The Morgan fingerprint density at radius 1 is 1.26 bits per heavy atom. The van der Waals surface area contributed by atoms with Gasteiger partial charge in [-0.2, -0.15) is 0 Å². The quantitative estimate of drug-likeness (QED) is 0.834. The molecular formula is C14H10BrClFNO. The van der Waals surface area contributed by atoms with Crippen LogP contribution in [0.15, 0.2) is 40.9 Å². The van der Waals surface area contributed by atoms with E-state index >= 15 is 0 Å². The molecule has 0 aliphatic heterocycles. The van der Waals surface area contributed by atoms with Gasteiger partial charge in [-0.25, -0.2) is 4.39 Å². The van der Waals surface area contributed by atoms with Crippen LogP contribution in [-0.4, -0.2) is 5.91 Å². The van der Waals surface area contributed by atoms with Crippen molar-refractivity contribution in [3.63, 3.8) is 0 Å². The number of carbonyl (C=O) groups is 1. The van der Waals surface area contributed by atoms with E-state index in [1.54, 1.807) is 6.07 Å². The average Bonchev–Trinajstić information content (AvgIpc) is 2.33. The maximum atomic E-state index is 13.0. The van der Waals surface area contributed by atoms with Gasteiger partial charge in [-0.3, -0.25) is 4.79 Å². The number of carbonyl (C=O) groups excluding carboxylic acids is 1. The second kappa shape index (κ2) is 5.72. The molecule has 0 aliphatic rings. The summed E-state index contributed by atoms with van der Waals surface area (Å²) in [4.78, 5) is 12.1. The number of anilines is 1. The highest BCUT2D eigenvalue weighted by atomic mass is 79.9. The minimum absolute atomic E-state index is 0.0271. The van der Waals surface area contributed by atoms with Crippen molar-refractivity contribution in [2.45, 2.75) is 6.92 Å². The van der Waals surface area contributed by atoms with Crippen LogP contribution in [0.25, 0.3) is 0 Å². The zero-order chi connectivity index (χ0) is 14.0. The minimum atomic E-state index is -0.517. The van der Waals surface area contributed by atoms with Crippen LogP contribution in [-0.2, 0) is 0 Å². The lowest BCUT2D eigenvalue weighted by Crippen LogP contribution is -2.12. The van der Waals surface area contributed by atoms with Crippen LogP contribution in [0.4, 0.5) is 10.1 Å². The molecule has 5 heteroatoms. The molecule has 0 atom stereocenters. The molecule has 0 aliphatic carbocycles. The fourth-order valence-electron chi connectivity index (χ4n) is 1.58. The van der Waals surface area contributed by atoms with E-state index in [0.29, 0.717) is 15.7 Å². The summed E-state index contributed by atoms with van der Waals surface area (Å²) in [5, 5.41) is 2.64. The van der Waals surface area contributed by atoms with Gasteiger partial charge in [0.1, 0.15) is 5.82 Å². The predicted octanol–water partition coefficient (Wildman–Crippen LogP) is 4.80. The van der Waals surface area contributed by atoms with Crippen LogP contribution in [0.1, 0.15) is 15.9 Å². The van der Waals surface area contributed by atoms with Crippen LogP contribution in [0, 0.1) is 12.7 Å². The van der Waals surface area contributed by atoms with E-state index in [1.165, 1.54) is 18.2 Å². The first-order valence-electron chi connectivity index (χ1n) is 5.50. The van der Waals surface area contributed by atoms with Crippen molar-refractivity contribution in [1.29, 1.82) is 0 Å². The summed E-state index contributed by atoms with van der Waals surface area (Å²) in [6.45, 7) is 1.94. The Labute approximate surface area is 123 Å². The number of halogens is 3. The van der Waals surface area contributed by atoms with Crippen molar-refractivity contribution in [2.24, 2.45) is 0 Å². The number of amides is 1. The third-order valence-electron chi connectivity index (χ3n) is 2.55. The maximum absolute atomic E-state index is 13.0. The largest absolute Gasteiger partial charge is 0.322 e. The molecule has 2 aromatic carbocycles. The summed E-state index contributed by atoms with van der Waals surface area (Å²) in [5.74, 6) is -0.800. The van der Waals surface area contributed by atoms with E-state index in [4.69, 9.17) is 11.6 Å². The number of nitrogens with one attached hydrogen (secondary N) is 1. The average molecular weight is 343 g/mol. The van der Waals surface area contributed by atoms with Crippen LogP contribution in [0.3, 0.4) is 0 Å². The van der Waals surface area contributed by atoms with E-state index in [-0.39, 0.29) is 10.9 Å². The smallest absolute Gasteiger partial charge is 0.256 e. The summed E-state index contributed by atoms with van der Waals surface area (Å²) in [5.41, 5.74) is 2.00. The molecule has 19 heavy (non-hydrogen) atoms. The molecule has 2 rings (SSSR count). The van der Waals surface area contributed by atoms with Crippen molar-refractivity contribution in [1.82, 2.24) is 0 Å². The Bertz CT molecular complexity index is 645. The summed E-state index contributed by atoms with van der Waals surface area (Å²) < 4.78 is 13.7. The lowest BCUT2D eigenvalue weighted by molar-refractivity contribution is 0.102. The molecule has 98 valence electrons. The lowest BCUT2D eigenvalue weighted by atomic mass is 10.1. The standard InChI is InChI=1S/C14H10BrClFNO/c1-8-2-4-10(11(15)6-8)14(19)18-9-3-5-13(17)12(16)7-9/h2-7H,1H3,(H,18,19). The predicted molar refractivity (Wildman–Crippen MR) is 78.2 cm³/mol. The van der Waals surface area contributed by atoms with Gasteiger partial charge in [0.25, 0.3) is 5.91 Å².